The minimum atomic E-state index is -1.17. The molecule has 1 amide bonds. The molecule has 216 valence electrons. The molecule has 38 heavy (non-hydrogen) atoms. The second kappa shape index (κ2) is 15.8. The largest absolute Gasteiger partial charge is 0.503 e. The normalized spacial score (nSPS) is 22.6. The van der Waals surface area contributed by atoms with Gasteiger partial charge in [0.15, 0.2) is 29.3 Å². The SMILES string of the molecule is COc1ccnc(C(=O)N[C@@H]2COC[C@H](OCC(C)C)[C@@H](OCC(C)C)[C@@H](COCC(C)C)OC2=O)c1O. The summed E-state index contributed by atoms with van der Waals surface area (Å²) in [6.07, 6.45) is -0.663. The summed E-state index contributed by atoms with van der Waals surface area (Å²) in [5.41, 5.74) is -0.287. The van der Waals surface area contributed by atoms with Gasteiger partial charge in [0.25, 0.3) is 5.91 Å². The molecule has 0 aromatic carbocycles. The van der Waals surface area contributed by atoms with Crippen molar-refractivity contribution < 1.29 is 43.1 Å². The number of hydrogen-bond donors (Lipinski definition) is 2. The molecule has 1 saturated heterocycles. The molecule has 0 spiro atoms. The van der Waals surface area contributed by atoms with Gasteiger partial charge in [-0.3, -0.25) is 4.79 Å². The number of amides is 1. The Labute approximate surface area is 225 Å². The molecule has 11 nitrogen and oxygen atoms in total. The highest BCUT2D eigenvalue weighted by Gasteiger charge is 2.39. The minimum Gasteiger partial charge on any atom is -0.503 e. The summed E-state index contributed by atoms with van der Waals surface area (Å²) in [6, 6.07) is 0.247. The van der Waals surface area contributed by atoms with Crippen LogP contribution in [0.4, 0.5) is 0 Å². The Hall–Kier alpha value is -2.47. The first-order chi connectivity index (χ1) is 18.0. The van der Waals surface area contributed by atoms with E-state index in [1.54, 1.807) is 0 Å². The monoisotopic (exact) mass is 540 g/mol. The number of hydrogen-bond acceptors (Lipinski definition) is 10. The van der Waals surface area contributed by atoms with Crippen LogP contribution < -0.4 is 10.1 Å². The third kappa shape index (κ3) is 10.0. The Morgan fingerprint density at radius 2 is 1.74 bits per heavy atom. The maximum atomic E-state index is 13.3. The van der Waals surface area contributed by atoms with E-state index in [9.17, 15) is 14.7 Å². The number of pyridine rings is 1. The van der Waals surface area contributed by atoms with E-state index in [-0.39, 0.29) is 49.0 Å². The van der Waals surface area contributed by atoms with Gasteiger partial charge in [0.2, 0.25) is 0 Å². The fraction of sp³-hybridized carbons (Fsp3) is 0.741. The number of aromatic hydroxyl groups is 1. The van der Waals surface area contributed by atoms with Gasteiger partial charge in [-0.1, -0.05) is 41.5 Å². The average molecular weight is 541 g/mol. The number of methoxy groups -OCH3 is 1. The van der Waals surface area contributed by atoms with Gasteiger partial charge in [-0.2, -0.15) is 0 Å². The molecule has 1 aliphatic heterocycles. The van der Waals surface area contributed by atoms with Crippen LogP contribution in [0.3, 0.4) is 0 Å². The van der Waals surface area contributed by atoms with Gasteiger partial charge in [0.05, 0.1) is 26.9 Å². The van der Waals surface area contributed by atoms with Crippen molar-refractivity contribution in [1.29, 1.82) is 0 Å². The van der Waals surface area contributed by atoms with Crippen LogP contribution in [-0.2, 0) is 28.5 Å². The fourth-order valence-corrected chi connectivity index (χ4v) is 3.62. The van der Waals surface area contributed by atoms with E-state index >= 15 is 0 Å². The van der Waals surface area contributed by atoms with Crippen LogP contribution in [0.5, 0.6) is 11.5 Å². The summed E-state index contributed by atoms with van der Waals surface area (Å²) in [4.78, 5) is 30.1. The quantitative estimate of drug-likeness (QED) is 0.360. The third-order valence-corrected chi connectivity index (χ3v) is 5.48. The number of rotatable bonds is 13. The molecular formula is C27H44N2O9. The maximum absolute atomic E-state index is 13.3. The summed E-state index contributed by atoms with van der Waals surface area (Å²) in [5, 5.41) is 12.9. The lowest BCUT2D eigenvalue weighted by molar-refractivity contribution is -0.181. The van der Waals surface area contributed by atoms with E-state index in [1.807, 2.05) is 41.5 Å². The van der Waals surface area contributed by atoms with Crippen LogP contribution in [0, 0.1) is 17.8 Å². The Bertz CT molecular complexity index is 878. The highest BCUT2D eigenvalue weighted by molar-refractivity contribution is 5.98. The zero-order valence-electron chi connectivity index (χ0n) is 23.6. The zero-order valence-corrected chi connectivity index (χ0v) is 23.6. The predicted octanol–water partition coefficient (Wildman–Crippen LogP) is 2.59. The number of nitrogens with zero attached hydrogens (tertiary/aromatic N) is 1. The molecule has 2 N–H and O–H groups in total. The van der Waals surface area contributed by atoms with Gasteiger partial charge in [-0.05, 0) is 17.8 Å². The van der Waals surface area contributed by atoms with Crippen molar-refractivity contribution in [3.8, 4) is 11.5 Å². The van der Waals surface area contributed by atoms with E-state index in [1.165, 1.54) is 19.4 Å². The molecule has 1 aliphatic rings. The number of carbonyl (C=O) groups excluding carboxylic acids is 2. The summed E-state index contributed by atoms with van der Waals surface area (Å²) in [6.45, 7) is 13.6. The molecule has 1 fully saturated rings. The van der Waals surface area contributed by atoms with Crippen molar-refractivity contribution in [2.24, 2.45) is 17.8 Å². The van der Waals surface area contributed by atoms with Gasteiger partial charge in [0.1, 0.15) is 12.2 Å². The van der Waals surface area contributed by atoms with Crippen molar-refractivity contribution in [1.82, 2.24) is 10.3 Å². The molecule has 0 radical (unpaired) electrons. The van der Waals surface area contributed by atoms with Gasteiger partial charge < -0.3 is 38.8 Å². The molecule has 0 bridgehead atoms. The molecule has 0 unspecified atom stereocenters. The second-order valence-corrected chi connectivity index (χ2v) is 10.6. The van der Waals surface area contributed by atoms with Crippen molar-refractivity contribution in [2.45, 2.75) is 65.9 Å². The van der Waals surface area contributed by atoms with Gasteiger partial charge >= 0.3 is 5.97 Å². The zero-order chi connectivity index (χ0) is 28.2. The Morgan fingerprint density at radius 1 is 1.08 bits per heavy atom. The van der Waals surface area contributed by atoms with Crippen molar-refractivity contribution >= 4 is 11.9 Å². The molecular weight excluding hydrogens is 496 g/mol. The lowest BCUT2D eigenvalue weighted by Crippen LogP contribution is -2.50. The molecule has 1 aromatic heterocycles. The van der Waals surface area contributed by atoms with Crippen molar-refractivity contribution in [3.63, 3.8) is 0 Å². The van der Waals surface area contributed by atoms with Crippen LogP contribution >= 0.6 is 0 Å². The average Bonchev–Trinajstić information content (AvgIpc) is 2.90. The van der Waals surface area contributed by atoms with E-state index in [2.05, 4.69) is 10.3 Å². The van der Waals surface area contributed by atoms with E-state index in [0.29, 0.717) is 19.8 Å². The van der Waals surface area contributed by atoms with Crippen LogP contribution in [-0.4, -0.2) is 93.1 Å². The van der Waals surface area contributed by atoms with E-state index in [0.717, 1.165) is 0 Å². The second-order valence-electron chi connectivity index (χ2n) is 10.6. The molecule has 11 heteroatoms. The molecule has 0 aliphatic carbocycles. The number of cyclic esters (lactones) is 1. The summed E-state index contributed by atoms with van der Waals surface area (Å²) >= 11 is 0. The Kier molecular flexibility index (Phi) is 13.2. The fourth-order valence-electron chi connectivity index (χ4n) is 3.62. The molecule has 2 rings (SSSR count). The van der Waals surface area contributed by atoms with Crippen LogP contribution in [0.25, 0.3) is 0 Å². The first-order valence-electron chi connectivity index (χ1n) is 13.1. The van der Waals surface area contributed by atoms with E-state index in [4.69, 9.17) is 28.4 Å². The van der Waals surface area contributed by atoms with Gasteiger partial charge in [-0.25, -0.2) is 9.78 Å². The minimum absolute atomic E-state index is 0.0797. The Morgan fingerprint density at radius 3 is 2.37 bits per heavy atom. The van der Waals surface area contributed by atoms with Gasteiger partial charge in [0, 0.05) is 32.1 Å². The first kappa shape index (κ1) is 31.7. The van der Waals surface area contributed by atoms with E-state index < -0.39 is 42.0 Å². The molecule has 0 saturated carbocycles. The Balaban J connectivity index is 2.30. The summed E-state index contributed by atoms with van der Waals surface area (Å²) in [7, 11) is 1.36. The van der Waals surface area contributed by atoms with Crippen LogP contribution in [0.1, 0.15) is 52.0 Å². The maximum Gasteiger partial charge on any atom is 0.331 e. The van der Waals surface area contributed by atoms with Crippen LogP contribution in [0.2, 0.25) is 0 Å². The number of carbonyl (C=O) groups is 2. The molecule has 1 aromatic rings. The standard InChI is InChI=1S/C27H44N2O9/c1-16(2)10-34-15-22-25(37-12-18(5)6)21(36-11-17(3)4)14-35-13-19(27(32)38-22)29-26(31)23-24(30)20(33-7)8-9-28-23/h8-9,16-19,21-22,25,30H,10-15H2,1-7H3,(H,29,31)/t19-,21+,22-,25-/m1/s1. The number of aromatic nitrogens is 1. The van der Waals surface area contributed by atoms with Gasteiger partial charge in [-0.15, -0.1) is 0 Å². The van der Waals surface area contributed by atoms with Crippen molar-refractivity contribution in [2.75, 3.05) is 46.8 Å². The first-order valence-corrected chi connectivity index (χ1v) is 13.1. The smallest absolute Gasteiger partial charge is 0.331 e. The summed E-state index contributed by atoms with van der Waals surface area (Å²) in [5.74, 6) is -1.08. The summed E-state index contributed by atoms with van der Waals surface area (Å²) < 4.78 is 35.0. The third-order valence-electron chi connectivity index (χ3n) is 5.48. The lowest BCUT2D eigenvalue weighted by Gasteiger charge is -2.33. The highest BCUT2D eigenvalue weighted by atomic mass is 16.6. The predicted molar refractivity (Wildman–Crippen MR) is 139 cm³/mol. The topological polar surface area (TPSA) is 135 Å². The van der Waals surface area contributed by atoms with Crippen LogP contribution in [0.15, 0.2) is 12.3 Å². The number of nitrogens with one attached hydrogen (secondary N) is 1. The van der Waals surface area contributed by atoms with Crippen molar-refractivity contribution in [3.05, 3.63) is 18.0 Å². The lowest BCUT2D eigenvalue weighted by atomic mass is 10.1. The highest BCUT2D eigenvalue weighted by Crippen LogP contribution is 2.27. The number of ether oxygens (including phenoxy) is 6. The molecule has 4 atom stereocenters. The number of esters is 1. The molecule has 2 heterocycles.